The van der Waals surface area contributed by atoms with Crippen LogP contribution in [0, 0.1) is 0 Å². The second kappa shape index (κ2) is 15.2. The molecule has 0 bridgehead atoms. The average Bonchev–Trinajstić information content (AvgIpc) is 4.00. The highest BCUT2D eigenvalue weighted by Gasteiger charge is 2.24. The number of furan rings is 2. The lowest BCUT2D eigenvalue weighted by atomic mass is 9.98. The highest BCUT2D eigenvalue weighted by molar-refractivity contribution is 6.30. The molecular formula is C64H40N2O2. The monoisotopic (exact) mass is 868 g/mol. The Balaban J connectivity index is 0.882. The van der Waals surface area contributed by atoms with Crippen molar-refractivity contribution in [2.45, 2.75) is 0 Å². The molecule has 0 N–H and O–H groups in total. The highest BCUT2D eigenvalue weighted by Crippen LogP contribution is 2.49. The molecule has 0 saturated heterocycles. The number of hydrogen-bond donors (Lipinski definition) is 0. The third-order valence-electron chi connectivity index (χ3n) is 13.8. The molecule has 0 aliphatic heterocycles. The van der Waals surface area contributed by atoms with Crippen molar-refractivity contribution < 1.29 is 8.83 Å². The Labute approximate surface area is 391 Å². The summed E-state index contributed by atoms with van der Waals surface area (Å²) in [6.07, 6.45) is 0. The van der Waals surface area contributed by atoms with Crippen molar-refractivity contribution >= 4 is 121 Å². The molecule has 0 unspecified atom stereocenters. The zero-order valence-electron chi connectivity index (χ0n) is 36.8. The van der Waals surface area contributed by atoms with E-state index in [-0.39, 0.29) is 0 Å². The fourth-order valence-electron chi connectivity index (χ4n) is 10.7. The van der Waals surface area contributed by atoms with E-state index in [0.29, 0.717) is 0 Å². The van der Waals surface area contributed by atoms with Crippen LogP contribution in [0.25, 0.3) is 98.1 Å². The smallest absolute Gasteiger partial charge is 0.160 e. The summed E-state index contributed by atoms with van der Waals surface area (Å²) in [5, 5.41) is 14.0. The van der Waals surface area contributed by atoms with E-state index in [9.17, 15) is 0 Å². The van der Waals surface area contributed by atoms with Gasteiger partial charge in [-0.15, -0.1) is 0 Å². The van der Waals surface area contributed by atoms with Crippen molar-refractivity contribution in [3.8, 4) is 11.1 Å². The quantitative estimate of drug-likeness (QED) is 0.160. The molecule has 0 aliphatic carbocycles. The van der Waals surface area contributed by atoms with Crippen molar-refractivity contribution in [2.24, 2.45) is 0 Å². The van der Waals surface area contributed by atoms with E-state index in [2.05, 4.69) is 252 Å². The van der Waals surface area contributed by atoms with Gasteiger partial charge in [-0.1, -0.05) is 170 Å². The Bertz CT molecular complexity index is 4250. The lowest BCUT2D eigenvalue weighted by Crippen LogP contribution is -2.10. The predicted molar refractivity (Wildman–Crippen MR) is 286 cm³/mol. The van der Waals surface area contributed by atoms with Crippen LogP contribution in [-0.2, 0) is 0 Å². The fourth-order valence-corrected chi connectivity index (χ4v) is 10.7. The van der Waals surface area contributed by atoms with Gasteiger partial charge in [-0.3, -0.25) is 0 Å². The highest BCUT2D eigenvalue weighted by atomic mass is 16.3. The van der Waals surface area contributed by atoms with Crippen LogP contribution in [0.3, 0.4) is 0 Å². The Morgan fingerprint density at radius 1 is 0.250 bits per heavy atom. The standard InChI is InChI=1S/C64H40N2O2/c1-3-18-46(19-4-1)65(55-40-59-62(54-26-14-13-25-53(54)55)60-50-22-10-7-15-43(50)31-37-57(60)67-59)48-33-27-41(28-34-48)42-29-35-49(36-30-42)66(47-20-5-2-6-21-47)56-39-45-17-9-12-24-52(45)63-61-51-23-11-8-16-44(51)32-38-58(61)68-64(56)63/h1-40H. The molecule has 2 heterocycles. The van der Waals surface area contributed by atoms with Gasteiger partial charge in [0.25, 0.3) is 0 Å². The first-order chi connectivity index (χ1) is 33.7. The van der Waals surface area contributed by atoms with Gasteiger partial charge in [-0.25, -0.2) is 0 Å². The molecule has 0 saturated carbocycles. The van der Waals surface area contributed by atoms with Crippen LogP contribution < -0.4 is 9.80 Å². The third-order valence-corrected chi connectivity index (χ3v) is 13.8. The summed E-state index contributed by atoms with van der Waals surface area (Å²) < 4.78 is 13.7. The summed E-state index contributed by atoms with van der Waals surface area (Å²) in [5.41, 5.74) is 12.0. The van der Waals surface area contributed by atoms with Crippen LogP contribution in [0.4, 0.5) is 34.1 Å². The minimum absolute atomic E-state index is 0.863. The van der Waals surface area contributed by atoms with E-state index in [1.165, 1.54) is 26.9 Å². The minimum Gasteiger partial charge on any atom is -0.456 e. The van der Waals surface area contributed by atoms with E-state index < -0.39 is 0 Å². The molecular weight excluding hydrogens is 829 g/mol. The Morgan fingerprint density at radius 3 is 1.24 bits per heavy atom. The van der Waals surface area contributed by atoms with Gasteiger partial charge in [0.15, 0.2) is 5.58 Å². The second-order valence-corrected chi connectivity index (χ2v) is 17.6. The first-order valence-corrected chi connectivity index (χ1v) is 23.2. The van der Waals surface area contributed by atoms with Crippen LogP contribution in [-0.4, -0.2) is 0 Å². The fraction of sp³-hybridized carbons (Fsp3) is 0. The zero-order valence-corrected chi connectivity index (χ0v) is 36.8. The molecule has 0 spiro atoms. The zero-order chi connectivity index (χ0) is 44.7. The number of fused-ring (bicyclic) bond motifs is 14. The van der Waals surface area contributed by atoms with Crippen LogP contribution in [0.1, 0.15) is 0 Å². The lowest BCUT2D eigenvalue weighted by Gasteiger charge is -2.27. The van der Waals surface area contributed by atoms with Crippen LogP contribution in [0.2, 0.25) is 0 Å². The van der Waals surface area contributed by atoms with Crippen molar-refractivity contribution in [1.82, 2.24) is 0 Å². The second-order valence-electron chi connectivity index (χ2n) is 17.6. The summed E-state index contributed by atoms with van der Waals surface area (Å²) in [7, 11) is 0. The maximum Gasteiger partial charge on any atom is 0.160 e. The summed E-state index contributed by atoms with van der Waals surface area (Å²) in [5.74, 6) is 0. The van der Waals surface area contributed by atoms with Crippen LogP contribution in [0.15, 0.2) is 251 Å². The normalized spacial score (nSPS) is 11.8. The van der Waals surface area contributed by atoms with Gasteiger partial charge in [0.2, 0.25) is 0 Å². The number of rotatable bonds is 7. The summed E-state index contributed by atoms with van der Waals surface area (Å²) in [4.78, 5) is 4.68. The maximum atomic E-state index is 6.93. The number of benzene rings is 12. The molecule has 14 aromatic rings. The number of hydrogen-bond acceptors (Lipinski definition) is 4. The number of para-hydroxylation sites is 2. The van der Waals surface area contributed by atoms with E-state index in [0.717, 1.165) is 105 Å². The lowest BCUT2D eigenvalue weighted by molar-refractivity contribution is 0.669. The molecule has 4 heteroatoms. The summed E-state index contributed by atoms with van der Waals surface area (Å²) >= 11 is 0. The van der Waals surface area contributed by atoms with Crippen molar-refractivity contribution in [3.63, 3.8) is 0 Å². The Morgan fingerprint density at radius 2 is 0.662 bits per heavy atom. The van der Waals surface area contributed by atoms with Gasteiger partial charge in [0.1, 0.15) is 16.7 Å². The molecule has 0 fully saturated rings. The summed E-state index contributed by atoms with van der Waals surface area (Å²) in [6, 6.07) is 86.6. The topological polar surface area (TPSA) is 32.8 Å². The van der Waals surface area contributed by atoms with Gasteiger partial charge in [-0.05, 0) is 116 Å². The van der Waals surface area contributed by atoms with E-state index in [1.54, 1.807) is 0 Å². The average molecular weight is 869 g/mol. The van der Waals surface area contributed by atoms with Crippen molar-refractivity contribution in [3.05, 3.63) is 243 Å². The minimum atomic E-state index is 0.863. The van der Waals surface area contributed by atoms with Crippen LogP contribution in [0.5, 0.6) is 0 Å². The Kier molecular flexibility index (Phi) is 8.55. The molecule has 0 aliphatic rings. The van der Waals surface area contributed by atoms with Gasteiger partial charge >= 0.3 is 0 Å². The number of anilines is 6. The molecule has 0 radical (unpaired) electrons. The first-order valence-electron chi connectivity index (χ1n) is 23.2. The molecule has 0 atom stereocenters. The van der Waals surface area contributed by atoms with Gasteiger partial charge in [0, 0.05) is 55.7 Å². The third kappa shape index (κ3) is 5.94. The van der Waals surface area contributed by atoms with Gasteiger partial charge in [0.05, 0.1) is 11.4 Å². The van der Waals surface area contributed by atoms with E-state index >= 15 is 0 Å². The molecule has 4 nitrogen and oxygen atoms in total. The molecule has 0 amide bonds. The predicted octanol–water partition coefficient (Wildman–Crippen LogP) is 18.7. The SMILES string of the molecule is c1ccc(N(c2ccc(-c3ccc(N(c4ccccc4)c4cc5ccccc5c5c4oc4ccc6ccccc6c45)cc3)cc2)c2cc3oc4ccc5ccccc5c4c3c3ccccc23)cc1. The number of nitrogens with zero attached hydrogens (tertiary/aromatic N) is 2. The van der Waals surface area contributed by atoms with Crippen molar-refractivity contribution in [1.29, 1.82) is 0 Å². The Hall–Kier alpha value is -9.12. The first kappa shape index (κ1) is 38.2. The molecule has 14 rings (SSSR count). The summed E-state index contributed by atoms with van der Waals surface area (Å²) in [6.45, 7) is 0. The molecule has 2 aromatic heterocycles. The molecule has 68 heavy (non-hydrogen) atoms. The largest absolute Gasteiger partial charge is 0.456 e. The van der Waals surface area contributed by atoms with Gasteiger partial charge < -0.3 is 18.6 Å². The van der Waals surface area contributed by atoms with E-state index in [1.807, 2.05) is 0 Å². The van der Waals surface area contributed by atoms with Crippen LogP contribution >= 0.6 is 0 Å². The van der Waals surface area contributed by atoms with Crippen molar-refractivity contribution in [2.75, 3.05) is 9.80 Å². The molecule has 318 valence electrons. The van der Waals surface area contributed by atoms with E-state index in [4.69, 9.17) is 8.83 Å². The molecule has 12 aromatic carbocycles. The van der Waals surface area contributed by atoms with Gasteiger partial charge in [-0.2, -0.15) is 0 Å². The maximum absolute atomic E-state index is 6.93.